The molecule has 1 amide bonds. The second-order valence-electron chi connectivity index (χ2n) is 8.45. The summed E-state index contributed by atoms with van der Waals surface area (Å²) in [5.74, 6) is -0.293. The normalized spacial score (nSPS) is 21.6. The third kappa shape index (κ3) is 4.61. The van der Waals surface area contributed by atoms with Crippen molar-refractivity contribution in [2.75, 3.05) is 39.4 Å². The molecule has 2 fully saturated rings. The lowest BCUT2D eigenvalue weighted by molar-refractivity contribution is -0.133. The number of halogens is 4. The van der Waals surface area contributed by atoms with Crippen molar-refractivity contribution in [3.05, 3.63) is 51.7 Å². The molecule has 0 bridgehead atoms. The predicted octanol–water partition coefficient (Wildman–Crippen LogP) is 3.60. The van der Waals surface area contributed by atoms with E-state index in [9.17, 15) is 18.0 Å². The fourth-order valence-electron chi connectivity index (χ4n) is 4.14. The van der Waals surface area contributed by atoms with Gasteiger partial charge in [0.25, 0.3) is 5.91 Å². The summed E-state index contributed by atoms with van der Waals surface area (Å²) in [7, 11) is 0. The second-order valence-corrected chi connectivity index (χ2v) is 8.89. The Kier molecular flexibility index (Phi) is 5.83. The van der Waals surface area contributed by atoms with E-state index in [2.05, 4.69) is 0 Å². The van der Waals surface area contributed by atoms with Crippen molar-refractivity contribution >= 4 is 23.1 Å². The van der Waals surface area contributed by atoms with E-state index in [0.717, 1.165) is 12.8 Å². The van der Waals surface area contributed by atoms with Gasteiger partial charge in [-0.3, -0.25) is 4.79 Å². The van der Waals surface area contributed by atoms with Gasteiger partial charge in [0.1, 0.15) is 5.70 Å². The number of benzene rings is 1. The van der Waals surface area contributed by atoms with Gasteiger partial charge in [0, 0.05) is 42.3 Å². The molecule has 2 aliphatic heterocycles. The van der Waals surface area contributed by atoms with E-state index in [1.165, 1.54) is 11.8 Å². The molecule has 1 saturated carbocycles. The molecular formula is C22H25ClF3N3O2. The highest BCUT2D eigenvalue weighted by Crippen LogP contribution is 2.44. The Balaban J connectivity index is 1.89. The van der Waals surface area contributed by atoms with Gasteiger partial charge in [-0.15, -0.1) is 0 Å². The summed E-state index contributed by atoms with van der Waals surface area (Å²) in [6, 6.07) is 6.54. The third-order valence-corrected chi connectivity index (χ3v) is 6.36. The number of amides is 1. The first kappa shape index (κ1) is 22.2. The fraction of sp³-hybridized carbons (Fsp3) is 0.500. The Bertz CT molecular complexity index is 930. The van der Waals surface area contributed by atoms with Crippen LogP contribution in [0.5, 0.6) is 0 Å². The largest absolute Gasteiger partial charge is 0.414 e. The Morgan fingerprint density at radius 2 is 1.81 bits per heavy atom. The van der Waals surface area contributed by atoms with Crippen LogP contribution in [0.3, 0.4) is 0 Å². The molecule has 1 saturated heterocycles. The quantitative estimate of drug-likeness (QED) is 0.753. The Morgan fingerprint density at radius 1 is 1.19 bits per heavy atom. The van der Waals surface area contributed by atoms with Gasteiger partial charge >= 0.3 is 6.18 Å². The lowest BCUT2D eigenvalue weighted by Crippen LogP contribution is -2.50. The first-order valence-electron chi connectivity index (χ1n) is 10.3. The molecule has 9 heteroatoms. The molecule has 0 radical (unpaired) electrons. The summed E-state index contributed by atoms with van der Waals surface area (Å²) in [5, 5.41) is 0.467. The van der Waals surface area contributed by atoms with Crippen molar-refractivity contribution in [3.63, 3.8) is 0 Å². The molecule has 31 heavy (non-hydrogen) atoms. The van der Waals surface area contributed by atoms with Gasteiger partial charge in [-0.25, -0.2) is 0 Å². The van der Waals surface area contributed by atoms with Crippen LogP contribution in [0.1, 0.15) is 25.3 Å². The SMILES string of the molecule is CC1=C(C(F)(F)F)CN(CC2(N)CC2)C(C(=O)N2CCOCC2)=C1c1ccc(Cl)cc1. The predicted molar refractivity (Wildman–Crippen MR) is 112 cm³/mol. The molecule has 0 spiro atoms. The van der Waals surface area contributed by atoms with E-state index in [-0.39, 0.29) is 29.3 Å². The zero-order valence-electron chi connectivity index (χ0n) is 17.3. The summed E-state index contributed by atoms with van der Waals surface area (Å²) in [6.07, 6.45) is -3.06. The van der Waals surface area contributed by atoms with Gasteiger partial charge in [0.05, 0.1) is 18.8 Å². The maximum atomic E-state index is 14.0. The van der Waals surface area contributed by atoms with E-state index >= 15 is 0 Å². The smallest absolute Gasteiger partial charge is 0.378 e. The number of hydrogen-bond donors (Lipinski definition) is 1. The third-order valence-electron chi connectivity index (χ3n) is 6.10. The van der Waals surface area contributed by atoms with Crippen LogP contribution in [0, 0.1) is 0 Å². The molecule has 168 valence electrons. The number of ether oxygens (including phenoxy) is 1. The second kappa shape index (κ2) is 8.15. The molecular weight excluding hydrogens is 431 g/mol. The molecule has 1 aliphatic carbocycles. The molecule has 0 unspecified atom stereocenters. The number of nitrogens with zero attached hydrogens (tertiary/aromatic N) is 2. The first-order chi connectivity index (χ1) is 14.6. The highest BCUT2D eigenvalue weighted by atomic mass is 35.5. The molecule has 0 aromatic heterocycles. The van der Waals surface area contributed by atoms with Crippen molar-refractivity contribution < 1.29 is 22.7 Å². The maximum absolute atomic E-state index is 14.0. The molecule has 2 heterocycles. The number of morpholine rings is 1. The topological polar surface area (TPSA) is 58.8 Å². The number of rotatable bonds is 4. The zero-order valence-corrected chi connectivity index (χ0v) is 18.0. The lowest BCUT2D eigenvalue weighted by atomic mass is 9.88. The van der Waals surface area contributed by atoms with Gasteiger partial charge in [-0.1, -0.05) is 23.7 Å². The standard InChI is InChI=1S/C22H25ClF3N3O2/c1-14-17(22(24,25)26)12-29(13-21(27)6-7-21)19(20(30)28-8-10-31-11-9-28)18(14)15-2-4-16(23)5-3-15/h2-5H,6-13,27H2,1H3. The highest BCUT2D eigenvalue weighted by molar-refractivity contribution is 6.30. The van der Waals surface area contributed by atoms with E-state index in [1.54, 1.807) is 29.2 Å². The number of carbonyl (C=O) groups excluding carboxylic acids is 1. The number of carbonyl (C=O) groups is 1. The van der Waals surface area contributed by atoms with Crippen LogP contribution < -0.4 is 5.73 Å². The van der Waals surface area contributed by atoms with Crippen LogP contribution >= 0.6 is 11.6 Å². The minimum atomic E-state index is -4.52. The average molecular weight is 456 g/mol. The molecule has 3 aliphatic rings. The summed E-state index contributed by atoms with van der Waals surface area (Å²) < 4.78 is 47.3. The first-order valence-corrected chi connectivity index (χ1v) is 10.7. The van der Waals surface area contributed by atoms with E-state index in [0.29, 0.717) is 36.9 Å². The van der Waals surface area contributed by atoms with Gasteiger partial charge in [-0.2, -0.15) is 13.2 Å². The Hall–Kier alpha value is -2.03. The van der Waals surface area contributed by atoms with Crippen LogP contribution in [0.4, 0.5) is 13.2 Å². The summed E-state index contributed by atoms with van der Waals surface area (Å²) in [5.41, 5.74) is 6.21. The monoisotopic (exact) mass is 455 g/mol. The van der Waals surface area contributed by atoms with Gasteiger partial charge in [0.15, 0.2) is 0 Å². The van der Waals surface area contributed by atoms with Crippen LogP contribution in [0.2, 0.25) is 5.02 Å². The summed E-state index contributed by atoms with van der Waals surface area (Å²) in [6.45, 7) is 2.84. The lowest BCUT2D eigenvalue weighted by Gasteiger charge is -2.39. The Morgan fingerprint density at radius 3 is 2.35 bits per heavy atom. The number of alkyl halides is 3. The van der Waals surface area contributed by atoms with Crippen LogP contribution in [0.25, 0.3) is 5.57 Å². The number of allylic oxidation sites excluding steroid dienone is 2. The highest BCUT2D eigenvalue weighted by Gasteiger charge is 2.47. The van der Waals surface area contributed by atoms with Crippen molar-refractivity contribution in [1.82, 2.24) is 9.80 Å². The van der Waals surface area contributed by atoms with Crippen LogP contribution in [-0.2, 0) is 9.53 Å². The van der Waals surface area contributed by atoms with Crippen LogP contribution in [-0.4, -0.2) is 66.8 Å². The minimum Gasteiger partial charge on any atom is -0.378 e. The van der Waals surface area contributed by atoms with Gasteiger partial charge in [0.2, 0.25) is 0 Å². The van der Waals surface area contributed by atoms with Crippen molar-refractivity contribution in [2.45, 2.75) is 31.5 Å². The van der Waals surface area contributed by atoms with Gasteiger partial charge in [-0.05, 0) is 43.0 Å². The minimum absolute atomic E-state index is 0.0598. The zero-order chi connectivity index (χ0) is 22.4. The molecule has 0 atom stereocenters. The average Bonchev–Trinajstić information content (AvgIpc) is 3.45. The number of hydrogen-bond acceptors (Lipinski definition) is 4. The van der Waals surface area contributed by atoms with Crippen LogP contribution in [0.15, 0.2) is 41.1 Å². The Labute approximate surface area is 184 Å². The van der Waals surface area contributed by atoms with E-state index < -0.39 is 23.8 Å². The molecule has 5 nitrogen and oxygen atoms in total. The van der Waals surface area contributed by atoms with Crippen molar-refractivity contribution in [1.29, 1.82) is 0 Å². The fourth-order valence-corrected chi connectivity index (χ4v) is 4.27. The van der Waals surface area contributed by atoms with Crippen molar-refractivity contribution in [2.24, 2.45) is 5.73 Å². The summed E-state index contributed by atoms with van der Waals surface area (Å²) in [4.78, 5) is 16.8. The van der Waals surface area contributed by atoms with Gasteiger partial charge < -0.3 is 20.3 Å². The summed E-state index contributed by atoms with van der Waals surface area (Å²) >= 11 is 6.01. The van der Waals surface area contributed by atoms with Crippen molar-refractivity contribution in [3.8, 4) is 0 Å². The van der Waals surface area contributed by atoms with E-state index in [1.807, 2.05) is 0 Å². The van der Waals surface area contributed by atoms with E-state index in [4.69, 9.17) is 22.1 Å². The maximum Gasteiger partial charge on any atom is 0.414 e. The molecule has 1 aromatic rings. The molecule has 4 rings (SSSR count). The number of nitrogens with two attached hydrogens (primary N) is 1. The molecule has 1 aromatic carbocycles. The molecule has 2 N–H and O–H groups in total.